The highest BCUT2D eigenvalue weighted by Gasteiger charge is 2.48. The Morgan fingerprint density at radius 1 is 1.20 bits per heavy atom. The molecule has 0 bridgehead atoms. The number of hydrogen-bond donors (Lipinski definition) is 5. The van der Waals surface area contributed by atoms with Crippen molar-refractivity contribution in [2.45, 2.75) is 70.4 Å². The van der Waals surface area contributed by atoms with E-state index in [0.29, 0.717) is 16.7 Å². The molecule has 0 amide bonds. The molecule has 1 aromatic carbocycles. The zero-order valence-corrected chi connectivity index (χ0v) is 18.9. The van der Waals surface area contributed by atoms with Gasteiger partial charge >= 0.3 is 17.9 Å². The number of fused-ring (bicyclic) bond motifs is 1. The van der Waals surface area contributed by atoms with E-state index in [1.54, 1.807) is 19.9 Å². The molecule has 0 radical (unpaired) electrons. The molecule has 2 heterocycles. The number of phenolic OH excluding ortho intramolecular Hbond substituents is 1. The van der Waals surface area contributed by atoms with E-state index in [0.717, 1.165) is 0 Å². The number of ether oxygens (including phenoxy) is 4. The number of rotatable bonds is 8. The maximum absolute atomic E-state index is 12.3. The summed E-state index contributed by atoms with van der Waals surface area (Å²) in [5, 5.41) is 49.3. The van der Waals surface area contributed by atoms with Crippen molar-refractivity contribution in [3.8, 4) is 11.5 Å². The van der Waals surface area contributed by atoms with E-state index in [4.69, 9.17) is 28.2 Å². The zero-order chi connectivity index (χ0) is 28.5. The van der Waals surface area contributed by atoms with E-state index in [2.05, 4.69) is 0 Å². The molecular weight excluding hydrogens is 468 g/mol. The lowest BCUT2D eigenvalue weighted by atomic mass is 9.94. The Bertz CT molecular complexity index is 1150. The lowest BCUT2D eigenvalue weighted by molar-refractivity contribution is -0.286. The van der Waals surface area contributed by atoms with Gasteiger partial charge in [-0.1, -0.05) is 11.6 Å². The van der Waals surface area contributed by atoms with Crippen molar-refractivity contribution < 1.29 is 63.0 Å². The van der Waals surface area contributed by atoms with Crippen molar-refractivity contribution in [2.75, 3.05) is 7.04 Å². The van der Waals surface area contributed by atoms with Gasteiger partial charge in [-0.25, -0.2) is 9.59 Å². The van der Waals surface area contributed by atoms with Gasteiger partial charge in [-0.05, 0) is 32.3 Å². The molecule has 2 aliphatic heterocycles. The molecule has 5 N–H and O–H groups in total. The second-order valence-electron chi connectivity index (χ2n) is 8.29. The van der Waals surface area contributed by atoms with Crippen LogP contribution < -0.4 is 4.74 Å². The molecule has 35 heavy (non-hydrogen) atoms. The molecule has 3 rings (SSSR count). The first-order valence-electron chi connectivity index (χ1n) is 12.1. The van der Waals surface area contributed by atoms with Crippen LogP contribution in [0.15, 0.2) is 11.6 Å². The molecule has 1 saturated heterocycles. The number of hydrogen-bond acceptors (Lipinski definition) is 11. The van der Waals surface area contributed by atoms with Crippen LogP contribution in [0.2, 0.25) is 0 Å². The lowest BCUT2D eigenvalue weighted by Gasteiger charge is -2.37. The summed E-state index contributed by atoms with van der Waals surface area (Å²) in [7, 11) is -2.83. The number of carboxylic acid groups (broad SMARTS) is 1. The van der Waals surface area contributed by atoms with Crippen LogP contribution in [-0.2, 0) is 36.8 Å². The van der Waals surface area contributed by atoms with Crippen LogP contribution >= 0.6 is 0 Å². The Kier molecular flexibility index (Phi) is 6.75. The minimum atomic E-state index is -2.83. The Morgan fingerprint density at radius 3 is 2.57 bits per heavy atom. The van der Waals surface area contributed by atoms with Crippen LogP contribution in [0.25, 0.3) is 0 Å². The summed E-state index contributed by atoms with van der Waals surface area (Å²) in [6, 6.07) is 0. The van der Waals surface area contributed by atoms with E-state index in [1.807, 2.05) is 0 Å². The van der Waals surface area contributed by atoms with Crippen LogP contribution in [0.1, 0.15) is 50.9 Å². The molecular formula is C23H28O12. The fraction of sp³-hybridized carbons (Fsp3) is 0.522. The van der Waals surface area contributed by atoms with Crippen LogP contribution in [0, 0.1) is 6.92 Å². The van der Waals surface area contributed by atoms with Crippen molar-refractivity contribution in [1.82, 2.24) is 0 Å². The quantitative estimate of drug-likeness (QED) is 0.240. The molecule has 5 atom stereocenters. The third-order valence-electron chi connectivity index (χ3n) is 5.98. The van der Waals surface area contributed by atoms with Gasteiger partial charge in [0.15, 0.2) is 6.10 Å². The third kappa shape index (κ3) is 5.25. The molecule has 12 heteroatoms. The molecule has 2 aliphatic rings. The molecule has 0 aromatic heterocycles. The smallest absolute Gasteiger partial charge is 0.342 e. The highest BCUT2D eigenvalue weighted by atomic mass is 16.7. The van der Waals surface area contributed by atoms with Crippen LogP contribution in [-0.4, -0.2) is 81.2 Å². The number of carboxylic acids is 1. The van der Waals surface area contributed by atoms with Crippen molar-refractivity contribution in [1.29, 1.82) is 0 Å². The van der Waals surface area contributed by atoms with Gasteiger partial charge in [0.05, 0.1) is 11.2 Å². The maximum Gasteiger partial charge on any atom is 0.342 e. The summed E-state index contributed by atoms with van der Waals surface area (Å²) in [5.74, 6) is -3.85. The van der Waals surface area contributed by atoms with Crippen molar-refractivity contribution in [3.63, 3.8) is 0 Å². The summed E-state index contributed by atoms with van der Waals surface area (Å²) >= 11 is 0. The van der Waals surface area contributed by atoms with Gasteiger partial charge in [0.25, 0.3) is 0 Å². The Hall–Kier alpha value is -3.19. The Balaban J connectivity index is 1.70. The fourth-order valence-electron chi connectivity index (χ4n) is 3.91. The van der Waals surface area contributed by atoms with Crippen molar-refractivity contribution in [3.05, 3.63) is 33.9 Å². The van der Waals surface area contributed by atoms with Gasteiger partial charge in [-0.2, -0.15) is 0 Å². The second kappa shape index (κ2) is 10.6. The monoisotopic (exact) mass is 499 g/mol. The first-order valence-corrected chi connectivity index (χ1v) is 10.6. The van der Waals surface area contributed by atoms with Gasteiger partial charge in [0, 0.05) is 17.5 Å². The minimum Gasteiger partial charge on any atom is -0.507 e. The highest BCUT2D eigenvalue weighted by molar-refractivity contribution is 5.98. The summed E-state index contributed by atoms with van der Waals surface area (Å²) in [5.41, 5.74) is 1.23. The van der Waals surface area contributed by atoms with E-state index < -0.39 is 61.4 Å². The number of benzene rings is 1. The average Bonchev–Trinajstić information content (AvgIpc) is 3.21. The number of aliphatic hydroxyl groups excluding tert-OH is 3. The Labute approximate surface area is 204 Å². The molecule has 12 nitrogen and oxygen atoms in total. The molecule has 1 aromatic rings. The molecule has 0 spiro atoms. The predicted octanol–water partition coefficient (Wildman–Crippen LogP) is 0.0840. The third-order valence-corrected chi connectivity index (χ3v) is 5.98. The minimum absolute atomic E-state index is 0.0455. The number of methoxy groups -OCH3 is 1. The van der Waals surface area contributed by atoms with Gasteiger partial charge < -0.3 is 44.5 Å². The molecule has 2 unspecified atom stereocenters. The second-order valence-corrected chi connectivity index (χ2v) is 8.29. The predicted molar refractivity (Wildman–Crippen MR) is 116 cm³/mol. The first kappa shape index (κ1) is 22.3. The van der Waals surface area contributed by atoms with Crippen molar-refractivity contribution in [2.24, 2.45) is 0 Å². The Morgan fingerprint density at radius 2 is 1.91 bits per heavy atom. The van der Waals surface area contributed by atoms with E-state index in [-0.39, 0.29) is 42.7 Å². The van der Waals surface area contributed by atoms with E-state index >= 15 is 0 Å². The number of carbonyl (C=O) groups is 3. The summed E-state index contributed by atoms with van der Waals surface area (Å²) in [4.78, 5) is 35.5. The number of aliphatic carboxylic acids is 1. The molecule has 0 saturated carbocycles. The molecule has 192 valence electrons. The van der Waals surface area contributed by atoms with Crippen molar-refractivity contribution >= 4 is 17.9 Å². The van der Waals surface area contributed by atoms with Gasteiger partial charge in [0.2, 0.25) is 6.29 Å². The number of esters is 2. The zero-order valence-electron chi connectivity index (χ0n) is 21.9. The highest BCUT2D eigenvalue weighted by Crippen LogP contribution is 2.42. The SMILES string of the molecule is [2H]C([2H])([2H])Oc1c(C)c2c(c(O)c1CC=C(C)CCC(=O)O[C@@H]1OC(C(=O)O)[C@@H](O)C(O)[C@@H]1O)C(=O)OC2. The number of carbonyl (C=O) groups excluding carboxylic acids is 2. The number of cyclic esters (lactones) is 1. The van der Waals surface area contributed by atoms with E-state index in [9.17, 15) is 34.8 Å². The van der Waals surface area contributed by atoms with Crippen LogP contribution in [0.4, 0.5) is 0 Å². The molecule has 1 fully saturated rings. The van der Waals surface area contributed by atoms with Gasteiger partial charge in [-0.15, -0.1) is 0 Å². The topological polar surface area (TPSA) is 189 Å². The average molecular weight is 499 g/mol. The number of phenols is 1. The lowest BCUT2D eigenvalue weighted by Crippen LogP contribution is -2.60. The standard InChI is InChI=1S/C23H28O12/c1-9(4-6-11-15(25)14-12(8-33-22(14)31)10(2)19(11)32-3)5-7-13(24)34-23-18(28)16(26)17(27)20(35-23)21(29)30/h4,16-18,20,23,25-28H,5-8H2,1-3H3,(H,29,30)/t16?,17-,18-,20?,23+/m0/s1/i3D3. The largest absolute Gasteiger partial charge is 0.507 e. The normalized spacial score (nSPS) is 27.8. The maximum atomic E-state index is 12.3. The van der Waals surface area contributed by atoms with Gasteiger partial charge in [-0.3, -0.25) is 4.79 Å². The summed E-state index contributed by atoms with van der Waals surface area (Å²) < 4.78 is 42.3. The number of aromatic hydroxyl groups is 1. The number of allylic oxidation sites excluding steroid dienone is 2. The fourth-order valence-corrected chi connectivity index (χ4v) is 3.91. The number of aliphatic hydroxyl groups is 3. The van der Waals surface area contributed by atoms with Gasteiger partial charge in [0.1, 0.15) is 42.0 Å². The van der Waals surface area contributed by atoms with Crippen LogP contribution in [0.3, 0.4) is 0 Å². The van der Waals surface area contributed by atoms with Crippen LogP contribution in [0.5, 0.6) is 11.5 Å². The summed E-state index contributed by atoms with van der Waals surface area (Å²) in [6.45, 7) is 3.05. The first-order chi connectivity index (χ1) is 17.6. The van der Waals surface area contributed by atoms with E-state index in [1.165, 1.54) is 0 Å². The summed E-state index contributed by atoms with van der Waals surface area (Å²) in [6.07, 6.45) is -8.11. The molecule has 0 aliphatic carbocycles.